The Balaban J connectivity index is 3.45. The Morgan fingerprint density at radius 3 is 2.48 bits per heavy atom. The van der Waals surface area contributed by atoms with Crippen molar-refractivity contribution in [3.05, 3.63) is 23.0 Å². The van der Waals surface area contributed by atoms with Gasteiger partial charge in [0.25, 0.3) is 6.43 Å². The molecule has 0 aliphatic rings. The lowest BCUT2D eigenvalue weighted by Gasteiger charge is -2.16. The van der Waals surface area contributed by atoms with Crippen LogP contribution in [-0.4, -0.2) is 23.9 Å². The first kappa shape index (κ1) is 17.1. The molecular weight excluding hydrogens is 303 g/mol. The highest BCUT2D eigenvalue weighted by atomic mass is 19.4. The fourth-order valence-corrected chi connectivity index (χ4v) is 1.44. The third-order valence-corrected chi connectivity index (χ3v) is 2.20. The number of hydrogen-bond donors (Lipinski definition) is 1. The van der Waals surface area contributed by atoms with Crippen molar-refractivity contribution in [2.45, 2.75) is 26.3 Å². The van der Waals surface area contributed by atoms with Gasteiger partial charge < -0.3 is 15.2 Å². The van der Waals surface area contributed by atoms with Crippen LogP contribution in [0.25, 0.3) is 0 Å². The van der Waals surface area contributed by atoms with Gasteiger partial charge in [-0.1, -0.05) is 0 Å². The number of alkyl halides is 5. The molecule has 0 amide bonds. The number of hydrogen-bond acceptors (Lipinski definition) is 5. The van der Waals surface area contributed by atoms with Gasteiger partial charge in [0, 0.05) is 12.1 Å². The second-order valence-electron chi connectivity index (χ2n) is 3.66. The summed E-state index contributed by atoms with van der Waals surface area (Å²) in [6.07, 6.45) is -8.23. The number of rotatable bonds is 5. The molecule has 0 spiro atoms. The minimum absolute atomic E-state index is 0.178. The molecule has 0 atom stereocenters. The van der Waals surface area contributed by atoms with Crippen LogP contribution in [0.4, 0.5) is 22.0 Å². The maximum Gasteiger partial charge on any atom is 0.573 e. The molecular formula is C11H11F5N2O3. The van der Waals surface area contributed by atoms with Gasteiger partial charge in [0.15, 0.2) is 11.4 Å². The number of aromatic nitrogens is 1. The number of halogens is 5. The summed E-state index contributed by atoms with van der Waals surface area (Å²) < 4.78 is 70.5. The van der Waals surface area contributed by atoms with E-state index in [-0.39, 0.29) is 6.61 Å². The summed E-state index contributed by atoms with van der Waals surface area (Å²) in [6.45, 7) is 0.659. The zero-order valence-electron chi connectivity index (χ0n) is 10.7. The lowest BCUT2D eigenvalue weighted by Crippen LogP contribution is -2.23. The zero-order valence-corrected chi connectivity index (χ0v) is 10.7. The second kappa shape index (κ2) is 6.66. The van der Waals surface area contributed by atoms with Crippen molar-refractivity contribution in [1.82, 2.24) is 4.98 Å². The first-order valence-electron chi connectivity index (χ1n) is 5.64. The average molecular weight is 314 g/mol. The van der Waals surface area contributed by atoms with Gasteiger partial charge >= 0.3 is 12.3 Å². The summed E-state index contributed by atoms with van der Waals surface area (Å²) in [6, 6.07) is 0.647. The minimum atomic E-state index is -5.14. The molecule has 0 saturated heterocycles. The Kier molecular flexibility index (Phi) is 5.41. The second-order valence-corrected chi connectivity index (χ2v) is 3.66. The van der Waals surface area contributed by atoms with Crippen molar-refractivity contribution in [1.29, 1.82) is 0 Å². The standard InChI is InChI=1S/C11H11F5N2O3/c1-2-20-10(19)7-8(21-11(14,15)16)5(4-17)3-6(18-7)9(12)13/h3,9H,2,4,17H2,1H3. The van der Waals surface area contributed by atoms with Crippen LogP contribution < -0.4 is 10.5 Å². The van der Waals surface area contributed by atoms with E-state index in [1.807, 2.05) is 0 Å². The van der Waals surface area contributed by atoms with Crippen LogP contribution in [0.15, 0.2) is 6.07 Å². The van der Waals surface area contributed by atoms with Crippen molar-refractivity contribution >= 4 is 5.97 Å². The molecule has 118 valence electrons. The minimum Gasteiger partial charge on any atom is -0.461 e. The van der Waals surface area contributed by atoms with Gasteiger partial charge in [-0.25, -0.2) is 18.6 Å². The van der Waals surface area contributed by atoms with E-state index >= 15 is 0 Å². The number of ether oxygens (including phenoxy) is 2. The van der Waals surface area contributed by atoms with E-state index in [0.717, 1.165) is 0 Å². The molecule has 0 fully saturated rings. The van der Waals surface area contributed by atoms with E-state index in [1.165, 1.54) is 6.92 Å². The van der Waals surface area contributed by atoms with Crippen LogP contribution in [0, 0.1) is 0 Å². The topological polar surface area (TPSA) is 74.4 Å². The first-order chi connectivity index (χ1) is 9.69. The molecule has 0 saturated carbocycles. The third-order valence-electron chi connectivity index (χ3n) is 2.20. The summed E-state index contributed by atoms with van der Waals surface area (Å²) in [7, 11) is 0. The predicted molar refractivity (Wildman–Crippen MR) is 59.7 cm³/mol. The summed E-state index contributed by atoms with van der Waals surface area (Å²) in [4.78, 5) is 14.8. The van der Waals surface area contributed by atoms with Gasteiger partial charge in [-0.2, -0.15) is 0 Å². The van der Waals surface area contributed by atoms with E-state index < -0.39 is 48.0 Å². The highest BCUT2D eigenvalue weighted by Gasteiger charge is 2.36. The van der Waals surface area contributed by atoms with Gasteiger partial charge in [-0.3, -0.25) is 0 Å². The van der Waals surface area contributed by atoms with Gasteiger partial charge in [-0.15, -0.1) is 13.2 Å². The van der Waals surface area contributed by atoms with Gasteiger partial charge in [-0.05, 0) is 13.0 Å². The molecule has 1 aromatic rings. The lowest BCUT2D eigenvalue weighted by atomic mass is 10.1. The van der Waals surface area contributed by atoms with Crippen LogP contribution >= 0.6 is 0 Å². The molecule has 0 unspecified atom stereocenters. The summed E-state index contributed by atoms with van der Waals surface area (Å²) >= 11 is 0. The number of carbonyl (C=O) groups excluding carboxylic acids is 1. The molecule has 0 bridgehead atoms. The Morgan fingerprint density at radius 2 is 2.05 bits per heavy atom. The fourth-order valence-electron chi connectivity index (χ4n) is 1.44. The largest absolute Gasteiger partial charge is 0.573 e. The Bertz CT molecular complexity index is 519. The Morgan fingerprint density at radius 1 is 1.43 bits per heavy atom. The van der Waals surface area contributed by atoms with Crippen molar-refractivity contribution < 1.29 is 36.2 Å². The molecule has 1 aromatic heterocycles. The average Bonchev–Trinajstić information content (AvgIpc) is 2.36. The van der Waals surface area contributed by atoms with E-state index in [0.29, 0.717) is 6.07 Å². The van der Waals surface area contributed by atoms with Crippen LogP contribution in [0.2, 0.25) is 0 Å². The van der Waals surface area contributed by atoms with Crippen molar-refractivity contribution in [2.75, 3.05) is 6.61 Å². The SMILES string of the molecule is CCOC(=O)c1nc(C(F)F)cc(CN)c1OC(F)(F)F. The zero-order chi connectivity index (χ0) is 16.2. The quantitative estimate of drug-likeness (QED) is 0.668. The van der Waals surface area contributed by atoms with Gasteiger partial charge in [0.1, 0.15) is 5.69 Å². The highest BCUT2D eigenvalue weighted by Crippen LogP contribution is 2.32. The molecule has 1 rings (SSSR count). The number of pyridine rings is 1. The highest BCUT2D eigenvalue weighted by molar-refractivity contribution is 5.91. The monoisotopic (exact) mass is 314 g/mol. The Labute approximate surface area is 115 Å². The number of carbonyl (C=O) groups is 1. The van der Waals surface area contributed by atoms with Crippen molar-refractivity contribution in [3.63, 3.8) is 0 Å². The molecule has 2 N–H and O–H groups in total. The molecule has 21 heavy (non-hydrogen) atoms. The lowest BCUT2D eigenvalue weighted by molar-refractivity contribution is -0.275. The fraction of sp³-hybridized carbons (Fsp3) is 0.455. The first-order valence-corrected chi connectivity index (χ1v) is 5.64. The van der Waals surface area contributed by atoms with Gasteiger partial charge in [0.2, 0.25) is 0 Å². The van der Waals surface area contributed by atoms with Crippen LogP contribution in [0.3, 0.4) is 0 Å². The molecule has 0 aromatic carbocycles. The summed E-state index contributed by atoms with van der Waals surface area (Å²) in [5, 5.41) is 0. The van der Waals surface area contributed by atoms with E-state index in [4.69, 9.17) is 5.73 Å². The van der Waals surface area contributed by atoms with Crippen molar-refractivity contribution in [2.24, 2.45) is 5.73 Å². The van der Waals surface area contributed by atoms with Crippen LogP contribution in [0.5, 0.6) is 5.75 Å². The van der Waals surface area contributed by atoms with Crippen LogP contribution in [-0.2, 0) is 11.3 Å². The molecule has 10 heteroatoms. The van der Waals surface area contributed by atoms with Gasteiger partial charge in [0.05, 0.1) is 6.61 Å². The smallest absolute Gasteiger partial charge is 0.461 e. The summed E-state index contributed by atoms with van der Waals surface area (Å²) in [5.41, 5.74) is 2.89. The molecule has 1 heterocycles. The van der Waals surface area contributed by atoms with E-state index in [9.17, 15) is 26.7 Å². The number of nitrogens with two attached hydrogens (primary N) is 1. The molecule has 0 aliphatic carbocycles. The Hall–Kier alpha value is -1.97. The molecule has 0 aliphatic heterocycles. The van der Waals surface area contributed by atoms with E-state index in [2.05, 4.69) is 14.5 Å². The maximum absolute atomic E-state index is 12.7. The normalized spacial score (nSPS) is 11.6. The third kappa shape index (κ3) is 4.52. The van der Waals surface area contributed by atoms with E-state index in [1.54, 1.807) is 0 Å². The number of nitrogens with zero attached hydrogens (tertiary/aromatic N) is 1. The molecule has 5 nitrogen and oxygen atoms in total. The molecule has 0 radical (unpaired) electrons. The number of esters is 1. The summed E-state index contributed by atoms with van der Waals surface area (Å²) in [5.74, 6) is -2.35. The predicted octanol–water partition coefficient (Wildman–Crippen LogP) is 2.55. The van der Waals surface area contributed by atoms with Crippen molar-refractivity contribution in [3.8, 4) is 5.75 Å². The maximum atomic E-state index is 12.7. The van der Waals surface area contributed by atoms with Crippen LogP contribution in [0.1, 0.15) is 35.1 Å².